The molecule has 0 aliphatic carbocycles. The number of hydrogen-bond acceptors (Lipinski definition) is 4. The highest BCUT2D eigenvalue weighted by Crippen LogP contribution is 1.90. The highest BCUT2D eigenvalue weighted by molar-refractivity contribution is 4.65. The van der Waals surface area contributed by atoms with Crippen LogP contribution in [0.25, 0.3) is 0 Å². The van der Waals surface area contributed by atoms with E-state index in [0.717, 1.165) is 26.1 Å². The van der Waals surface area contributed by atoms with Crippen LogP contribution in [-0.4, -0.2) is 41.3 Å². The van der Waals surface area contributed by atoms with Crippen molar-refractivity contribution in [1.29, 1.82) is 0 Å². The lowest BCUT2D eigenvalue weighted by atomic mass is 10.2. The van der Waals surface area contributed by atoms with Gasteiger partial charge in [0.05, 0.1) is 12.7 Å². The monoisotopic (exact) mass is 198 g/mol. The van der Waals surface area contributed by atoms with Gasteiger partial charge in [0.25, 0.3) is 0 Å². The molecule has 80 valence electrons. The van der Waals surface area contributed by atoms with Crippen LogP contribution in [0.1, 0.15) is 13.3 Å². The van der Waals surface area contributed by atoms with Gasteiger partial charge in [0.15, 0.2) is 0 Å². The Bertz CT molecular complexity index is 225. The average molecular weight is 198 g/mol. The maximum absolute atomic E-state index is 5.00. The summed E-state index contributed by atoms with van der Waals surface area (Å²) < 4.78 is 6.81. The standard InChI is InChI=1S/C9H18N4O/c1-9(3-8-14-2)10-4-6-13-7-5-11-12-13/h5,7,9-10H,3-4,6,8H2,1-2H3. The van der Waals surface area contributed by atoms with E-state index in [-0.39, 0.29) is 0 Å². The number of rotatable bonds is 7. The van der Waals surface area contributed by atoms with Crippen LogP contribution < -0.4 is 5.32 Å². The van der Waals surface area contributed by atoms with Gasteiger partial charge in [-0.15, -0.1) is 5.10 Å². The van der Waals surface area contributed by atoms with Crippen molar-refractivity contribution < 1.29 is 4.74 Å². The fourth-order valence-electron chi connectivity index (χ4n) is 1.17. The lowest BCUT2D eigenvalue weighted by Gasteiger charge is -2.12. The van der Waals surface area contributed by atoms with Gasteiger partial charge in [0.2, 0.25) is 0 Å². The molecule has 1 rings (SSSR count). The molecule has 0 saturated carbocycles. The summed E-state index contributed by atoms with van der Waals surface area (Å²) in [6, 6.07) is 0.485. The molecular weight excluding hydrogens is 180 g/mol. The van der Waals surface area contributed by atoms with Crippen molar-refractivity contribution in [2.75, 3.05) is 20.3 Å². The molecule has 14 heavy (non-hydrogen) atoms. The summed E-state index contributed by atoms with van der Waals surface area (Å²) in [4.78, 5) is 0. The molecule has 1 aromatic rings. The Labute approximate surface area is 84.4 Å². The molecule has 0 bridgehead atoms. The molecule has 5 heteroatoms. The Balaban J connectivity index is 2.03. The van der Waals surface area contributed by atoms with Gasteiger partial charge in [-0.1, -0.05) is 5.21 Å². The zero-order chi connectivity index (χ0) is 10.2. The molecule has 0 spiro atoms. The molecular formula is C9H18N4O. The van der Waals surface area contributed by atoms with Gasteiger partial charge in [0.1, 0.15) is 0 Å². The van der Waals surface area contributed by atoms with E-state index >= 15 is 0 Å². The third-order valence-electron chi connectivity index (χ3n) is 2.06. The molecule has 0 fully saturated rings. The van der Waals surface area contributed by atoms with Crippen molar-refractivity contribution in [2.45, 2.75) is 25.9 Å². The van der Waals surface area contributed by atoms with Crippen LogP contribution in [0, 0.1) is 0 Å². The van der Waals surface area contributed by atoms with E-state index in [2.05, 4.69) is 22.6 Å². The first-order valence-corrected chi connectivity index (χ1v) is 4.89. The largest absolute Gasteiger partial charge is 0.385 e. The van der Waals surface area contributed by atoms with Crippen LogP contribution in [0.2, 0.25) is 0 Å². The van der Waals surface area contributed by atoms with E-state index in [1.807, 2.05) is 10.9 Å². The first-order chi connectivity index (χ1) is 6.83. The van der Waals surface area contributed by atoms with Crippen molar-refractivity contribution in [2.24, 2.45) is 0 Å². The fraction of sp³-hybridized carbons (Fsp3) is 0.778. The quantitative estimate of drug-likeness (QED) is 0.684. The number of methoxy groups -OCH3 is 1. The Morgan fingerprint density at radius 2 is 2.43 bits per heavy atom. The zero-order valence-corrected chi connectivity index (χ0v) is 8.81. The predicted molar refractivity (Wildman–Crippen MR) is 54.0 cm³/mol. The van der Waals surface area contributed by atoms with Crippen LogP contribution in [0.4, 0.5) is 0 Å². The molecule has 1 heterocycles. The normalized spacial score (nSPS) is 13.0. The summed E-state index contributed by atoms with van der Waals surface area (Å²) in [5.41, 5.74) is 0. The highest BCUT2D eigenvalue weighted by Gasteiger charge is 1.99. The van der Waals surface area contributed by atoms with E-state index in [4.69, 9.17) is 4.74 Å². The van der Waals surface area contributed by atoms with Gasteiger partial charge in [-0.2, -0.15) is 0 Å². The fourth-order valence-corrected chi connectivity index (χ4v) is 1.17. The van der Waals surface area contributed by atoms with E-state index in [1.54, 1.807) is 13.3 Å². The summed E-state index contributed by atoms with van der Waals surface area (Å²) in [5.74, 6) is 0. The zero-order valence-electron chi connectivity index (χ0n) is 8.81. The summed E-state index contributed by atoms with van der Waals surface area (Å²) in [5, 5.41) is 11.0. The lowest BCUT2D eigenvalue weighted by molar-refractivity contribution is 0.184. The molecule has 5 nitrogen and oxygen atoms in total. The summed E-state index contributed by atoms with van der Waals surface area (Å²) in [6.07, 6.45) is 4.59. The van der Waals surface area contributed by atoms with Crippen molar-refractivity contribution in [1.82, 2.24) is 20.3 Å². The van der Waals surface area contributed by atoms with Crippen molar-refractivity contribution >= 4 is 0 Å². The molecule has 1 aromatic heterocycles. The van der Waals surface area contributed by atoms with Gasteiger partial charge >= 0.3 is 0 Å². The van der Waals surface area contributed by atoms with Crippen LogP contribution in [0.15, 0.2) is 12.4 Å². The second-order valence-electron chi connectivity index (χ2n) is 3.30. The van der Waals surface area contributed by atoms with Gasteiger partial charge in [-0.25, -0.2) is 0 Å². The van der Waals surface area contributed by atoms with Crippen molar-refractivity contribution in [3.63, 3.8) is 0 Å². The van der Waals surface area contributed by atoms with Crippen LogP contribution in [-0.2, 0) is 11.3 Å². The SMILES string of the molecule is COCCC(C)NCCn1ccnn1. The van der Waals surface area contributed by atoms with E-state index in [9.17, 15) is 0 Å². The second kappa shape index (κ2) is 6.50. The number of ether oxygens (including phenoxy) is 1. The Kier molecular flexibility index (Phi) is 5.17. The Hall–Kier alpha value is -0.940. The van der Waals surface area contributed by atoms with Gasteiger partial charge < -0.3 is 10.1 Å². The predicted octanol–water partition coefficient (Wildman–Crippen LogP) is 0.293. The van der Waals surface area contributed by atoms with Crippen LogP contribution in [0.3, 0.4) is 0 Å². The summed E-state index contributed by atoms with van der Waals surface area (Å²) >= 11 is 0. The smallest absolute Gasteiger partial charge is 0.0692 e. The Morgan fingerprint density at radius 3 is 3.07 bits per heavy atom. The number of nitrogens with one attached hydrogen (secondary N) is 1. The minimum Gasteiger partial charge on any atom is -0.385 e. The number of hydrogen-bond donors (Lipinski definition) is 1. The first kappa shape index (κ1) is 11.1. The summed E-state index contributed by atoms with van der Waals surface area (Å²) in [6.45, 7) is 4.73. The Morgan fingerprint density at radius 1 is 1.57 bits per heavy atom. The summed E-state index contributed by atoms with van der Waals surface area (Å²) in [7, 11) is 1.72. The number of aromatic nitrogens is 3. The molecule has 0 aromatic carbocycles. The minimum absolute atomic E-state index is 0.485. The van der Waals surface area contributed by atoms with E-state index in [0.29, 0.717) is 6.04 Å². The molecule has 1 atom stereocenters. The molecule has 0 amide bonds. The lowest BCUT2D eigenvalue weighted by Crippen LogP contribution is -2.30. The second-order valence-corrected chi connectivity index (χ2v) is 3.30. The van der Waals surface area contributed by atoms with Crippen LogP contribution >= 0.6 is 0 Å². The number of nitrogens with zero attached hydrogens (tertiary/aromatic N) is 3. The molecule has 0 saturated heterocycles. The molecule has 1 N–H and O–H groups in total. The van der Waals surface area contributed by atoms with Gasteiger partial charge in [-0.05, 0) is 13.3 Å². The van der Waals surface area contributed by atoms with Gasteiger partial charge in [-0.3, -0.25) is 4.68 Å². The maximum Gasteiger partial charge on any atom is 0.0692 e. The minimum atomic E-state index is 0.485. The van der Waals surface area contributed by atoms with Crippen molar-refractivity contribution in [3.8, 4) is 0 Å². The average Bonchev–Trinajstić information content (AvgIpc) is 2.67. The van der Waals surface area contributed by atoms with Crippen molar-refractivity contribution in [3.05, 3.63) is 12.4 Å². The molecule has 0 aliphatic heterocycles. The van der Waals surface area contributed by atoms with Gasteiger partial charge in [0, 0.05) is 32.5 Å². The molecule has 0 radical (unpaired) electrons. The topological polar surface area (TPSA) is 52.0 Å². The molecule has 1 unspecified atom stereocenters. The first-order valence-electron chi connectivity index (χ1n) is 4.89. The van der Waals surface area contributed by atoms with Crippen LogP contribution in [0.5, 0.6) is 0 Å². The van der Waals surface area contributed by atoms with E-state index in [1.165, 1.54) is 0 Å². The molecule has 0 aliphatic rings. The third-order valence-corrected chi connectivity index (χ3v) is 2.06. The maximum atomic E-state index is 5.00. The highest BCUT2D eigenvalue weighted by atomic mass is 16.5. The van der Waals surface area contributed by atoms with E-state index < -0.39 is 0 Å². The third kappa shape index (κ3) is 4.34.